The molecule has 4 rings (SSSR count). The molecule has 10 nitrogen and oxygen atoms in total. The fourth-order valence-corrected chi connectivity index (χ4v) is 4.36. The largest absolute Gasteiger partial charge is 0.332 e. The number of nitrogens with zero attached hydrogens (tertiary/aromatic N) is 3. The number of sulfonamides is 1. The van der Waals surface area contributed by atoms with E-state index in [9.17, 15) is 22.8 Å². The Bertz CT molecular complexity index is 1400. The van der Waals surface area contributed by atoms with Gasteiger partial charge in [-0.15, -0.1) is 0 Å². The van der Waals surface area contributed by atoms with Crippen LogP contribution in [-0.4, -0.2) is 34.5 Å². The van der Waals surface area contributed by atoms with Crippen LogP contribution in [-0.2, 0) is 24.1 Å². The molecule has 156 valence electrons. The zero-order valence-corrected chi connectivity index (χ0v) is 17.1. The molecule has 1 fully saturated rings. The van der Waals surface area contributed by atoms with Crippen molar-refractivity contribution in [2.24, 2.45) is 14.1 Å². The lowest BCUT2D eigenvalue weighted by Gasteiger charge is -2.10. The first-order valence-electron chi connectivity index (χ1n) is 9.18. The summed E-state index contributed by atoms with van der Waals surface area (Å²) in [6.45, 7) is 0. The van der Waals surface area contributed by atoms with Gasteiger partial charge in [-0.25, -0.2) is 22.9 Å². The minimum atomic E-state index is -3.66. The quantitative estimate of drug-likeness (QED) is 0.601. The van der Waals surface area contributed by atoms with Crippen molar-refractivity contribution in [3.63, 3.8) is 0 Å². The van der Waals surface area contributed by atoms with Gasteiger partial charge in [0.15, 0.2) is 0 Å². The van der Waals surface area contributed by atoms with Gasteiger partial charge >= 0.3 is 5.69 Å². The van der Waals surface area contributed by atoms with Gasteiger partial charge in [0.1, 0.15) is 11.3 Å². The number of pyridine rings is 1. The molecule has 1 saturated carbocycles. The van der Waals surface area contributed by atoms with E-state index in [1.165, 1.54) is 49.0 Å². The normalized spacial score (nSPS) is 14.1. The fraction of sp³-hybridized carbons (Fsp3) is 0.263. The zero-order chi connectivity index (χ0) is 21.6. The molecule has 1 aliphatic rings. The molecule has 1 amide bonds. The van der Waals surface area contributed by atoms with Crippen LogP contribution in [0.3, 0.4) is 0 Å². The first-order valence-corrected chi connectivity index (χ1v) is 10.7. The Labute approximate surface area is 171 Å². The molecule has 0 atom stereocenters. The van der Waals surface area contributed by atoms with Crippen LogP contribution in [0.5, 0.6) is 0 Å². The van der Waals surface area contributed by atoms with E-state index in [4.69, 9.17) is 0 Å². The fourth-order valence-electron chi connectivity index (χ4n) is 3.01. The van der Waals surface area contributed by atoms with Crippen molar-refractivity contribution in [2.75, 3.05) is 5.32 Å². The number of amides is 1. The predicted octanol–water partition coefficient (Wildman–Crippen LogP) is 0.325. The molecule has 30 heavy (non-hydrogen) atoms. The van der Waals surface area contributed by atoms with Crippen molar-refractivity contribution in [1.29, 1.82) is 0 Å². The zero-order valence-electron chi connectivity index (χ0n) is 16.2. The summed E-state index contributed by atoms with van der Waals surface area (Å²) in [5, 5.41) is 2.80. The lowest BCUT2D eigenvalue weighted by molar-refractivity contribution is 0.102. The van der Waals surface area contributed by atoms with Crippen molar-refractivity contribution in [3.05, 3.63) is 62.9 Å². The highest BCUT2D eigenvalue weighted by molar-refractivity contribution is 7.89. The lowest BCUT2D eigenvalue weighted by atomic mass is 10.2. The topological polar surface area (TPSA) is 132 Å². The number of nitrogens with one attached hydrogen (secondary N) is 2. The minimum absolute atomic E-state index is 0.0184. The van der Waals surface area contributed by atoms with E-state index >= 15 is 0 Å². The third-order valence-electron chi connectivity index (χ3n) is 4.84. The number of carbonyl (C=O) groups excluding carboxylic acids is 1. The van der Waals surface area contributed by atoms with Crippen LogP contribution in [0.1, 0.15) is 23.3 Å². The van der Waals surface area contributed by atoms with Crippen molar-refractivity contribution in [1.82, 2.24) is 18.8 Å². The monoisotopic (exact) mass is 429 g/mol. The van der Waals surface area contributed by atoms with Crippen molar-refractivity contribution >= 4 is 32.7 Å². The van der Waals surface area contributed by atoms with Gasteiger partial charge in [-0.1, -0.05) is 6.07 Å². The summed E-state index contributed by atoms with van der Waals surface area (Å²) in [5.74, 6) is -0.602. The van der Waals surface area contributed by atoms with Crippen LogP contribution < -0.4 is 21.3 Å². The first kappa shape index (κ1) is 20.0. The molecule has 2 heterocycles. The Hall–Kier alpha value is -3.31. The lowest BCUT2D eigenvalue weighted by Crippen LogP contribution is -2.37. The highest BCUT2D eigenvalue weighted by Gasteiger charge is 2.28. The average Bonchev–Trinajstić information content (AvgIpc) is 3.53. The highest BCUT2D eigenvalue weighted by atomic mass is 32.2. The average molecular weight is 429 g/mol. The number of aromatic nitrogens is 3. The molecule has 0 unspecified atom stereocenters. The number of benzene rings is 1. The van der Waals surface area contributed by atoms with Gasteiger partial charge in [-0.3, -0.25) is 18.7 Å². The summed E-state index contributed by atoms with van der Waals surface area (Å²) in [5.41, 5.74) is -0.721. The van der Waals surface area contributed by atoms with Crippen molar-refractivity contribution < 1.29 is 13.2 Å². The second kappa shape index (κ2) is 7.18. The van der Waals surface area contributed by atoms with E-state index in [0.717, 1.165) is 17.4 Å². The molecule has 0 saturated heterocycles. The molecule has 1 aliphatic carbocycles. The molecule has 0 spiro atoms. The van der Waals surface area contributed by atoms with Crippen LogP contribution in [0.15, 0.2) is 50.9 Å². The smallest absolute Gasteiger partial charge is 0.321 e. The number of fused-ring (bicyclic) bond motifs is 1. The molecule has 3 aromatic rings. The van der Waals surface area contributed by atoms with Crippen LogP contribution in [0.25, 0.3) is 11.0 Å². The molecule has 0 radical (unpaired) electrons. The van der Waals surface area contributed by atoms with E-state index in [1.807, 2.05) is 0 Å². The molecule has 0 bridgehead atoms. The predicted molar refractivity (Wildman–Crippen MR) is 110 cm³/mol. The molecule has 0 aliphatic heterocycles. The Balaban J connectivity index is 1.64. The van der Waals surface area contributed by atoms with Crippen LogP contribution in [0.4, 0.5) is 5.69 Å². The highest BCUT2D eigenvalue weighted by Crippen LogP contribution is 2.23. The van der Waals surface area contributed by atoms with E-state index in [2.05, 4.69) is 15.0 Å². The standard InChI is InChI=1S/C19H19N5O5S/c1-23-16-14(18(26)24(2)19(23)27)8-9-15(21-16)17(25)20-12-4-3-5-13(10-12)30(28,29)22-11-6-7-11/h3-5,8-11,22H,6-7H2,1-2H3,(H,20,25). The van der Waals surface area contributed by atoms with Gasteiger partial charge < -0.3 is 5.32 Å². The van der Waals surface area contributed by atoms with E-state index in [1.54, 1.807) is 6.07 Å². The molecular formula is C19H19N5O5S. The van der Waals surface area contributed by atoms with Crippen molar-refractivity contribution in [2.45, 2.75) is 23.8 Å². The van der Waals surface area contributed by atoms with Crippen LogP contribution in [0, 0.1) is 0 Å². The van der Waals surface area contributed by atoms with Gasteiger partial charge in [-0.05, 0) is 43.2 Å². The van der Waals surface area contributed by atoms with Crippen molar-refractivity contribution in [3.8, 4) is 0 Å². The maximum Gasteiger partial charge on any atom is 0.332 e. The Morgan fingerprint density at radius 3 is 2.53 bits per heavy atom. The number of rotatable bonds is 5. The van der Waals surface area contributed by atoms with E-state index in [0.29, 0.717) is 0 Å². The molecule has 1 aromatic carbocycles. The van der Waals surface area contributed by atoms with Gasteiger partial charge in [0, 0.05) is 25.8 Å². The first-order chi connectivity index (χ1) is 14.2. The molecule has 2 aromatic heterocycles. The minimum Gasteiger partial charge on any atom is -0.321 e. The summed E-state index contributed by atoms with van der Waals surface area (Å²) < 4.78 is 29.5. The second-order valence-corrected chi connectivity index (χ2v) is 8.86. The Kier molecular flexibility index (Phi) is 4.79. The molecular weight excluding hydrogens is 410 g/mol. The van der Waals surface area contributed by atoms with Gasteiger partial charge in [-0.2, -0.15) is 0 Å². The van der Waals surface area contributed by atoms with Gasteiger partial charge in [0.25, 0.3) is 11.5 Å². The van der Waals surface area contributed by atoms with E-state index < -0.39 is 27.2 Å². The summed E-state index contributed by atoms with van der Waals surface area (Å²) in [4.78, 5) is 41.2. The second-order valence-electron chi connectivity index (χ2n) is 7.15. The van der Waals surface area contributed by atoms with Gasteiger partial charge in [0.2, 0.25) is 10.0 Å². The van der Waals surface area contributed by atoms with Gasteiger partial charge in [0.05, 0.1) is 10.3 Å². The summed E-state index contributed by atoms with van der Waals surface area (Å²) in [7, 11) is -0.837. The maximum absolute atomic E-state index is 12.6. The van der Waals surface area contributed by atoms with Crippen LogP contribution in [0.2, 0.25) is 0 Å². The van der Waals surface area contributed by atoms with Crippen LogP contribution >= 0.6 is 0 Å². The summed E-state index contributed by atoms with van der Waals surface area (Å²) in [6.07, 6.45) is 1.63. The maximum atomic E-state index is 12.6. The number of hydrogen-bond acceptors (Lipinski definition) is 6. The molecule has 2 N–H and O–H groups in total. The third kappa shape index (κ3) is 3.64. The number of anilines is 1. The number of hydrogen-bond donors (Lipinski definition) is 2. The van der Waals surface area contributed by atoms with E-state index in [-0.39, 0.29) is 33.4 Å². The Morgan fingerprint density at radius 1 is 1.10 bits per heavy atom. The Morgan fingerprint density at radius 2 is 1.83 bits per heavy atom. The SMILES string of the molecule is Cn1c(=O)c2ccc(C(=O)Nc3cccc(S(=O)(=O)NC4CC4)c3)nc2n(C)c1=O. The molecule has 11 heteroatoms. The summed E-state index contributed by atoms with van der Waals surface area (Å²) >= 11 is 0. The summed E-state index contributed by atoms with van der Waals surface area (Å²) in [6, 6.07) is 8.65. The number of carbonyl (C=O) groups is 1. The number of aryl methyl sites for hydroxylation is 1. The third-order valence-corrected chi connectivity index (χ3v) is 6.35.